The first-order valence-corrected chi connectivity index (χ1v) is 30.0. The van der Waals surface area contributed by atoms with Crippen molar-refractivity contribution >= 4 is 34.1 Å². The number of anilines is 6. The molecule has 2 aliphatic carbocycles. The molecular weight excluding hydrogens is 1110 g/mol. The fourth-order valence-electron chi connectivity index (χ4n) is 13.7. The lowest BCUT2D eigenvalue weighted by atomic mass is 9.67. The van der Waals surface area contributed by atoms with Gasteiger partial charge in [-0.15, -0.1) is 0 Å². The highest BCUT2D eigenvalue weighted by Crippen LogP contribution is 2.60. The van der Waals surface area contributed by atoms with Crippen LogP contribution in [0, 0.1) is 11.6 Å². The molecule has 0 radical (unpaired) electrons. The molecule has 0 fully saturated rings. The van der Waals surface area contributed by atoms with Gasteiger partial charge in [0, 0.05) is 34.1 Å². The Kier molecular flexibility index (Phi) is 15.0. The number of rotatable bonds is 19. The van der Waals surface area contributed by atoms with E-state index in [4.69, 9.17) is 18.9 Å². The smallest absolute Gasteiger partial charge is 0.123 e. The zero-order chi connectivity index (χ0) is 61.3. The summed E-state index contributed by atoms with van der Waals surface area (Å²) >= 11 is 0. The molecule has 0 saturated heterocycles. The van der Waals surface area contributed by atoms with Gasteiger partial charge in [0.2, 0.25) is 0 Å². The highest BCUT2D eigenvalue weighted by atomic mass is 19.1. The topological polar surface area (TPSA) is 43.4 Å². The Hall–Kier alpha value is -11.2. The van der Waals surface area contributed by atoms with Crippen LogP contribution < -0.4 is 28.7 Å². The second kappa shape index (κ2) is 23.8. The Morgan fingerprint density at radius 1 is 0.322 bits per heavy atom. The van der Waals surface area contributed by atoms with Crippen molar-refractivity contribution in [1.82, 2.24) is 0 Å². The number of ether oxygens (including phenoxy) is 4. The van der Waals surface area contributed by atoms with Gasteiger partial charge in [-0.05, 0) is 223 Å². The number of halogens is 2. The first-order valence-electron chi connectivity index (χ1n) is 30.0. The SMILES string of the molecule is C=CCOc1ccc(C2(c3ccc(OC)cc3)c3ccccc3-c3ccc(N(c4ccc(F)cc4)c4ccc(-c5ccc(N(c6ccc(F)cc6)c6ccc7c(c6)C(c6ccc(OC)cc6)(c6ccc(OCC=C)cc6)c6ccccc6-7)cc5)cc4)cc32)cc1. The molecule has 14 rings (SSSR count). The minimum absolute atomic E-state index is 0.320. The van der Waals surface area contributed by atoms with Crippen LogP contribution >= 0.6 is 0 Å². The van der Waals surface area contributed by atoms with E-state index in [1.54, 1.807) is 26.4 Å². The summed E-state index contributed by atoms with van der Waals surface area (Å²) < 4.78 is 53.2. The van der Waals surface area contributed by atoms with Crippen LogP contribution in [0.5, 0.6) is 23.0 Å². The molecule has 0 heterocycles. The molecule has 438 valence electrons. The van der Waals surface area contributed by atoms with E-state index < -0.39 is 10.8 Å². The number of methoxy groups -OCH3 is 2. The van der Waals surface area contributed by atoms with Gasteiger partial charge >= 0.3 is 0 Å². The summed E-state index contributed by atoms with van der Waals surface area (Å²) in [6, 6.07) is 94.5. The van der Waals surface area contributed by atoms with E-state index in [0.29, 0.717) is 13.2 Å². The van der Waals surface area contributed by atoms with Crippen molar-refractivity contribution in [2.75, 3.05) is 37.2 Å². The normalized spacial score (nSPS) is 14.9. The van der Waals surface area contributed by atoms with Gasteiger partial charge in [0.25, 0.3) is 0 Å². The molecule has 2 unspecified atom stereocenters. The van der Waals surface area contributed by atoms with Crippen molar-refractivity contribution in [1.29, 1.82) is 0 Å². The third-order valence-electron chi connectivity index (χ3n) is 17.7. The highest BCUT2D eigenvalue weighted by Gasteiger charge is 2.48. The van der Waals surface area contributed by atoms with E-state index in [2.05, 4.69) is 205 Å². The van der Waals surface area contributed by atoms with Gasteiger partial charge in [-0.25, -0.2) is 8.78 Å². The maximum atomic E-state index is 14.9. The molecule has 0 aliphatic heterocycles. The molecule has 90 heavy (non-hydrogen) atoms. The number of benzene rings is 12. The van der Waals surface area contributed by atoms with Crippen LogP contribution in [0.25, 0.3) is 33.4 Å². The molecule has 12 aromatic rings. The minimum atomic E-state index is -0.746. The largest absolute Gasteiger partial charge is 0.497 e. The Morgan fingerprint density at radius 2 is 0.611 bits per heavy atom. The summed E-state index contributed by atoms with van der Waals surface area (Å²) in [7, 11) is 3.37. The third-order valence-corrected chi connectivity index (χ3v) is 17.7. The lowest BCUT2D eigenvalue weighted by molar-refractivity contribution is 0.363. The molecular formula is C82H62F2N2O4. The summed E-state index contributed by atoms with van der Waals surface area (Å²) in [6.07, 6.45) is 3.49. The zero-order valence-corrected chi connectivity index (χ0v) is 49.8. The number of nitrogens with zero attached hydrogens (tertiary/aromatic N) is 2. The van der Waals surface area contributed by atoms with Crippen LogP contribution in [0.4, 0.5) is 42.9 Å². The van der Waals surface area contributed by atoms with E-state index in [-0.39, 0.29) is 11.6 Å². The third kappa shape index (κ3) is 9.74. The Balaban J connectivity index is 0.852. The standard InChI is InChI=1S/C82H62F2N2O4/c1-5-51-89-71-45-23-59(24-46-71)81(57-19-41-69(87-3)42-20-57)77-13-9-7-11-73(77)75-49-39-67(53-79(75)81)85(65-35-27-61(83)28-36-65)63-31-15-55(16-32-63)56-17-33-64(34-18-56)86(66-37-29-62(84)30-38-66)68-40-50-76-74-12-8-10-14-78(74)82(80(76)54-68,58-21-43-70(88-4)44-22-58)60-25-47-72(48-26-60)90-52-6-2/h5-50,53-54H,1-2,51-52H2,3-4H3. The predicted molar refractivity (Wildman–Crippen MR) is 360 cm³/mol. The van der Waals surface area contributed by atoms with Crippen molar-refractivity contribution in [3.63, 3.8) is 0 Å². The van der Waals surface area contributed by atoms with Crippen molar-refractivity contribution in [3.05, 3.63) is 361 Å². The van der Waals surface area contributed by atoms with Gasteiger partial charge in [0.1, 0.15) is 47.8 Å². The van der Waals surface area contributed by atoms with E-state index in [1.165, 1.54) is 24.3 Å². The molecule has 0 bridgehead atoms. The molecule has 6 nitrogen and oxygen atoms in total. The summed E-state index contributed by atoms with van der Waals surface area (Å²) in [5, 5.41) is 0. The predicted octanol–water partition coefficient (Wildman–Crippen LogP) is 20.4. The molecule has 0 aromatic heterocycles. The Labute approximate surface area is 524 Å². The Morgan fingerprint density at radius 3 is 0.933 bits per heavy atom. The second-order valence-corrected chi connectivity index (χ2v) is 22.5. The maximum Gasteiger partial charge on any atom is 0.123 e. The van der Waals surface area contributed by atoms with Crippen LogP contribution in [-0.4, -0.2) is 27.4 Å². The van der Waals surface area contributed by atoms with E-state index >= 15 is 0 Å². The first kappa shape index (κ1) is 56.6. The average molecular weight is 1180 g/mol. The van der Waals surface area contributed by atoms with Gasteiger partial charge in [-0.1, -0.05) is 159 Å². The van der Waals surface area contributed by atoms with Gasteiger partial charge < -0.3 is 28.7 Å². The monoisotopic (exact) mass is 1180 g/mol. The van der Waals surface area contributed by atoms with Crippen molar-refractivity contribution < 1.29 is 27.7 Å². The van der Waals surface area contributed by atoms with Gasteiger partial charge in [0.05, 0.1) is 25.0 Å². The fourth-order valence-corrected chi connectivity index (χ4v) is 13.7. The quantitative estimate of drug-likeness (QED) is 0.0752. The van der Waals surface area contributed by atoms with Gasteiger partial charge in [-0.2, -0.15) is 0 Å². The summed E-state index contributed by atoms with van der Waals surface area (Å²) in [6.45, 7) is 8.50. The van der Waals surface area contributed by atoms with Crippen molar-refractivity contribution in [2.24, 2.45) is 0 Å². The lowest BCUT2D eigenvalue weighted by Gasteiger charge is -2.35. The Bertz CT molecular complexity index is 4290. The van der Waals surface area contributed by atoms with Crippen LogP contribution in [0.15, 0.2) is 304 Å². The number of hydrogen-bond donors (Lipinski definition) is 0. The van der Waals surface area contributed by atoms with Crippen LogP contribution in [0.2, 0.25) is 0 Å². The van der Waals surface area contributed by atoms with Crippen LogP contribution in [-0.2, 0) is 10.8 Å². The van der Waals surface area contributed by atoms with E-state index in [0.717, 1.165) is 135 Å². The van der Waals surface area contributed by atoms with E-state index in [1.807, 2.05) is 72.8 Å². The summed E-state index contributed by atoms with van der Waals surface area (Å²) in [4.78, 5) is 4.38. The molecule has 8 heteroatoms. The summed E-state index contributed by atoms with van der Waals surface area (Å²) in [5.74, 6) is 2.39. The van der Waals surface area contributed by atoms with Gasteiger partial charge in [-0.3, -0.25) is 0 Å². The summed E-state index contributed by atoms with van der Waals surface area (Å²) in [5.41, 5.74) is 19.0. The second-order valence-electron chi connectivity index (χ2n) is 22.5. The van der Waals surface area contributed by atoms with Crippen molar-refractivity contribution in [3.8, 4) is 56.4 Å². The lowest BCUT2D eigenvalue weighted by Crippen LogP contribution is -2.28. The highest BCUT2D eigenvalue weighted by molar-refractivity contribution is 5.92. The minimum Gasteiger partial charge on any atom is -0.497 e. The van der Waals surface area contributed by atoms with Crippen LogP contribution in [0.3, 0.4) is 0 Å². The molecule has 0 saturated carbocycles. The molecule has 0 spiro atoms. The van der Waals surface area contributed by atoms with Gasteiger partial charge in [0.15, 0.2) is 0 Å². The van der Waals surface area contributed by atoms with Crippen LogP contribution in [0.1, 0.15) is 44.5 Å². The molecule has 12 aromatic carbocycles. The number of fused-ring (bicyclic) bond motifs is 6. The molecule has 0 amide bonds. The molecule has 2 atom stereocenters. The van der Waals surface area contributed by atoms with Crippen molar-refractivity contribution in [2.45, 2.75) is 10.8 Å². The first-order chi connectivity index (χ1) is 44.2. The molecule has 2 aliphatic rings. The zero-order valence-electron chi connectivity index (χ0n) is 49.8. The van der Waals surface area contributed by atoms with E-state index in [9.17, 15) is 8.78 Å². The average Bonchev–Trinajstić information content (AvgIpc) is 1.53. The number of hydrogen-bond acceptors (Lipinski definition) is 6. The molecule has 0 N–H and O–H groups in total. The fraction of sp³-hybridized carbons (Fsp3) is 0.0732. The maximum absolute atomic E-state index is 14.9.